The highest BCUT2D eigenvalue weighted by atomic mass is 16.5. The zero-order valence-electron chi connectivity index (χ0n) is 18.0. The Morgan fingerprint density at radius 3 is 2.61 bits per heavy atom. The molecule has 1 atom stereocenters. The molecule has 9 heteroatoms. The van der Waals surface area contributed by atoms with Gasteiger partial charge in [0.05, 0.1) is 0 Å². The highest BCUT2D eigenvalue weighted by Gasteiger charge is 2.54. The van der Waals surface area contributed by atoms with Gasteiger partial charge in [0, 0.05) is 26.2 Å². The van der Waals surface area contributed by atoms with E-state index < -0.39 is 11.5 Å². The summed E-state index contributed by atoms with van der Waals surface area (Å²) in [5.74, 6) is -1.02. The molecule has 1 aromatic rings. The van der Waals surface area contributed by atoms with Gasteiger partial charge in [-0.15, -0.1) is 0 Å². The summed E-state index contributed by atoms with van der Waals surface area (Å²) in [6.07, 6.45) is 7.97. The molecule has 3 rings (SSSR count). The molecule has 1 aromatic heterocycles. The number of nitrogens with one attached hydrogen (secondary N) is 2. The second-order valence-corrected chi connectivity index (χ2v) is 8.34. The van der Waals surface area contributed by atoms with Crippen LogP contribution in [0.5, 0.6) is 0 Å². The van der Waals surface area contributed by atoms with E-state index in [0.717, 1.165) is 44.1 Å². The highest BCUT2D eigenvalue weighted by Crippen LogP contribution is 2.43. The second-order valence-electron chi connectivity index (χ2n) is 8.34. The molecule has 0 bridgehead atoms. The van der Waals surface area contributed by atoms with Crippen LogP contribution < -0.4 is 11.1 Å². The number of nitrogen functional groups attached to an aromatic ring is 1. The number of carbonyl (C=O) groups is 3. The Labute approximate surface area is 182 Å². The van der Waals surface area contributed by atoms with E-state index in [9.17, 15) is 14.4 Å². The van der Waals surface area contributed by atoms with Gasteiger partial charge in [-0.1, -0.05) is 25.3 Å². The Kier molecular flexibility index (Phi) is 7.25. The van der Waals surface area contributed by atoms with Crippen molar-refractivity contribution in [1.82, 2.24) is 15.2 Å². The third-order valence-corrected chi connectivity index (χ3v) is 6.35. The van der Waals surface area contributed by atoms with Crippen LogP contribution in [0.15, 0.2) is 18.3 Å². The molecule has 1 aliphatic carbocycles. The molecule has 4 N–H and O–H groups in total. The van der Waals surface area contributed by atoms with Gasteiger partial charge in [0.25, 0.3) is 5.91 Å². The number of amidine groups is 1. The van der Waals surface area contributed by atoms with Crippen molar-refractivity contribution in [2.45, 2.75) is 64.0 Å². The monoisotopic (exact) mass is 429 g/mol. The van der Waals surface area contributed by atoms with Crippen LogP contribution in [0, 0.1) is 11.3 Å². The summed E-state index contributed by atoms with van der Waals surface area (Å²) in [5, 5.41) is 10.4. The van der Waals surface area contributed by atoms with Gasteiger partial charge >= 0.3 is 5.97 Å². The van der Waals surface area contributed by atoms with Crippen molar-refractivity contribution in [2.75, 3.05) is 13.2 Å². The maximum absolute atomic E-state index is 13.6. The quantitative estimate of drug-likeness (QED) is 0.341. The second kappa shape index (κ2) is 9.89. The average molecular weight is 430 g/mol. The molecule has 1 saturated heterocycles. The van der Waals surface area contributed by atoms with Gasteiger partial charge < -0.3 is 20.7 Å². The summed E-state index contributed by atoms with van der Waals surface area (Å²) in [6.45, 7) is 1.68. The van der Waals surface area contributed by atoms with E-state index in [1.807, 2.05) is 0 Å². The Balaban J connectivity index is 1.78. The molecule has 0 radical (unpaired) electrons. The number of pyridine rings is 1. The highest BCUT2D eigenvalue weighted by molar-refractivity contribution is 5.94. The number of rotatable bonds is 7. The summed E-state index contributed by atoms with van der Waals surface area (Å²) in [7, 11) is 0. The minimum absolute atomic E-state index is 0.0863. The number of aromatic nitrogens is 1. The maximum atomic E-state index is 13.6. The maximum Gasteiger partial charge on any atom is 0.303 e. The van der Waals surface area contributed by atoms with E-state index in [0.29, 0.717) is 18.7 Å². The van der Waals surface area contributed by atoms with E-state index in [1.165, 1.54) is 6.92 Å². The Morgan fingerprint density at radius 2 is 2.00 bits per heavy atom. The zero-order chi connectivity index (χ0) is 22.4. The number of likely N-dealkylation sites (tertiary alicyclic amines) is 1. The van der Waals surface area contributed by atoms with Crippen LogP contribution in [0.25, 0.3) is 0 Å². The predicted octanol–water partition coefficient (Wildman–Crippen LogP) is 1.49. The Morgan fingerprint density at radius 1 is 1.26 bits per heavy atom. The first-order valence-corrected chi connectivity index (χ1v) is 10.9. The summed E-state index contributed by atoms with van der Waals surface area (Å²) >= 11 is 0. The topological polar surface area (TPSA) is 138 Å². The lowest BCUT2D eigenvalue weighted by molar-refractivity contribution is -0.157. The molecule has 2 aliphatic rings. The molecule has 9 nitrogen and oxygen atoms in total. The van der Waals surface area contributed by atoms with Gasteiger partial charge in [-0.25, -0.2) is 0 Å². The molecule has 0 aromatic carbocycles. The van der Waals surface area contributed by atoms with Crippen LogP contribution in [-0.4, -0.2) is 52.2 Å². The van der Waals surface area contributed by atoms with E-state index in [4.69, 9.17) is 15.9 Å². The van der Waals surface area contributed by atoms with E-state index in [1.54, 1.807) is 23.2 Å². The van der Waals surface area contributed by atoms with Crippen molar-refractivity contribution in [3.63, 3.8) is 0 Å². The standard InChI is InChI=1S/C22H31N5O4/c1-15(28)31-14-19(29)27-11-5-10-22(27,17-6-3-2-4-7-17)21(30)26-13-16-8-9-18(20(23)24)25-12-16/h8-9,12,17H,2-7,10-11,13-14H2,1H3,(H3,23,24)(H,26,30)/t22-/m1/s1. The molecule has 2 heterocycles. The molecule has 1 saturated carbocycles. The zero-order valence-corrected chi connectivity index (χ0v) is 18.0. The van der Waals surface area contributed by atoms with Gasteiger partial charge in [0.1, 0.15) is 17.1 Å². The van der Waals surface area contributed by atoms with E-state index >= 15 is 0 Å². The molecule has 2 fully saturated rings. The van der Waals surface area contributed by atoms with Gasteiger partial charge in [-0.05, 0) is 43.2 Å². The lowest BCUT2D eigenvalue weighted by atomic mass is 9.72. The van der Waals surface area contributed by atoms with Gasteiger partial charge in [0.15, 0.2) is 6.61 Å². The number of hydrogen-bond donors (Lipinski definition) is 3. The van der Waals surface area contributed by atoms with Gasteiger partial charge in [-0.2, -0.15) is 0 Å². The van der Waals surface area contributed by atoms with Crippen LogP contribution in [-0.2, 0) is 25.7 Å². The molecular weight excluding hydrogens is 398 g/mol. The van der Waals surface area contributed by atoms with Crippen molar-refractivity contribution in [3.8, 4) is 0 Å². The lowest BCUT2D eigenvalue weighted by Gasteiger charge is -2.44. The first kappa shape index (κ1) is 22.7. The van der Waals surface area contributed by atoms with E-state index in [-0.39, 0.29) is 36.7 Å². The summed E-state index contributed by atoms with van der Waals surface area (Å²) in [4.78, 5) is 43.5. The van der Waals surface area contributed by atoms with Crippen LogP contribution in [0.2, 0.25) is 0 Å². The SMILES string of the molecule is CC(=O)OCC(=O)N1CCC[C@]1(C(=O)NCc1ccc(C(=N)N)nc1)C1CCCCC1. The first-order chi connectivity index (χ1) is 14.8. The van der Waals surface area contributed by atoms with Crippen molar-refractivity contribution >= 4 is 23.6 Å². The normalized spacial score (nSPS) is 21.5. The molecule has 0 unspecified atom stereocenters. The van der Waals surface area contributed by atoms with Crippen LogP contribution in [0.1, 0.15) is 63.1 Å². The summed E-state index contributed by atoms with van der Waals surface area (Å²) in [5.41, 5.74) is 5.69. The molecule has 31 heavy (non-hydrogen) atoms. The van der Waals surface area contributed by atoms with Crippen LogP contribution in [0.3, 0.4) is 0 Å². The van der Waals surface area contributed by atoms with Crippen LogP contribution >= 0.6 is 0 Å². The average Bonchev–Trinajstić information content (AvgIpc) is 3.23. The fourth-order valence-electron chi connectivity index (χ4n) is 4.88. The lowest BCUT2D eigenvalue weighted by Crippen LogP contribution is -2.62. The summed E-state index contributed by atoms with van der Waals surface area (Å²) in [6, 6.07) is 3.42. The minimum atomic E-state index is -0.912. The summed E-state index contributed by atoms with van der Waals surface area (Å²) < 4.78 is 4.94. The van der Waals surface area contributed by atoms with Crippen molar-refractivity contribution in [1.29, 1.82) is 5.41 Å². The fraction of sp³-hybridized carbons (Fsp3) is 0.591. The van der Waals surface area contributed by atoms with Crippen molar-refractivity contribution in [2.24, 2.45) is 11.7 Å². The van der Waals surface area contributed by atoms with Gasteiger partial charge in [0.2, 0.25) is 5.91 Å². The molecule has 0 spiro atoms. The Hall–Kier alpha value is -2.97. The number of hydrogen-bond acceptors (Lipinski definition) is 6. The van der Waals surface area contributed by atoms with Crippen molar-refractivity contribution in [3.05, 3.63) is 29.6 Å². The largest absolute Gasteiger partial charge is 0.456 e. The number of carbonyl (C=O) groups excluding carboxylic acids is 3. The van der Waals surface area contributed by atoms with Crippen LogP contribution in [0.4, 0.5) is 0 Å². The Bertz CT molecular complexity index is 835. The third kappa shape index (κ3) is 5.03. The number of amides is 2. The first-order valence-electron chi connectivity index (χ1n) is 10.9. The number of nitrogens with two attached hydrogens (primary N) is 1. The number of nitrogens with zero attached hydrogens (tertiary/aromatic N) is 2. The fourth-order valence-corrected chi connectivity index (χ4v) is 4.88. The number of ether oxygens (including phenoxy) is 1. The number of esters is 1. The molecule has 2 amide bonds. The molecular formula is C22H31N5O4. The third-order valence-electron chi connectivity index (χ3n) is 6.35. The predicted molar refractivity (Wildman–Crippen MR) is 114 cm³/mol. The van der Waals surface area contributed by atoms with Gasteiger partial charge in [-0.3, -0.25) is 24.8 Å². The minimum Gasteiger partial charge on any atom is -0.456 e. The van der Waals surface area contributed by atoms with Crippen molar-refractivity contribution < 1.29 is 19.1 Å². The molecule has 1 aliphatic heterocycles. The molecule has 168 valence electrons. The smallest absolute Gasteiger partial charge is 0.303 e. The van der Waals surface area contributed by atoms with E-state index in [2.05, 4.69) is 10.3 Å².